The summed E-state index contributed by atoms with van der Waals surface area (Å²) < 4.78 is 0. The molecule has 1 rings (SSSR count). The standard InChI is InChI=1S/C21H36OSi/c1-17(2)23(18(3)4,19(5)6)21(16-22)15-11-10-14-20-12-8-7-9-13-20/h7-9,12-13,15,17-19,22H,10-11,14,16H2,1-6H3/b21-15+. The van der Waals surface area contributed by atoms with Gasteiger partial charge in [-0.25, -0.2) is 0 Å². The number of aliphatic hydroxyl groups excluding tert-OH is 1. The van der Waals surface area contributed by atoms with E-state index in [1.807, 2.05) is 0 Å². The molecule has 1 aromatic rings. The van der Waals surface area contributed by atoms with E-state index in [1.165, 1.54) is 10.8 Å². The maximum absolute atomic E-state index is 10.1. The number of aliphatic hydroxyl groups is 1. The molecule has 0 radical (unpaired) electrons. The molecule has 0 heterocycles. The zero-order valence-corrected chi connectivity index (χ0v) is 17.0. The zero-order valence-electron chi connectivity index (χ0n) is 16.0. The second-order valence-corrected chi connectivity index (χ2v) is 13.6. The van der Waals surface area contributed by atoms with Gasteiger partial charge < -0.3 is 5.11 Å². The van der Waals surface area contributed by atoms with E-state index in [1.54, 1.807) is 0 Å². The van der Waals surface area contributed by atoms with Crippen LogP contribution in [0.5, 0.6) is 0 Å². The van der Waals surface area contributed by atoms with Crippen LogP contribution >= 0.6 is 0 Å². The molecule has 2 heteroatoms. The molecule has 0 bridgehead atoms. The molecule has 0 saturated carbocycles. The molecule has 0 aliphatic rings. The quantitative estimate of drug-likeness (QED) is 0.425. The molecule has 0 unspecified atom stereocenters. The van der Waals surface area contributed by atoms with E-state index < -0.39 is 8.07 Å². The molecule has 23 heavy (non-hydrogen) atoms. The van der Waals surface area contributed by atoms with Crippen molar-refractivity contribution in [2.24, 2.45) is 0 Å². The Hall–Kier alpha value is -0.863. The van der Waals surface area contributed by atoms with Crippen LogP contribution in [0.2, 0.25) is 16.6 Å². The summed E-state index contributed by atoms with van der Waals surface area (Å²) in [6.07, 6.45) is 5.74. The highest BCUT2D eigenvalue weighted by atomic mass is 28.3. The highest BCUT2D eigenvalue weighted by Gasteiger charge is 2.45. The van der Waals surface area contributed by atoms with Crippen molar-refractivity contribution in [2.75, 3.05) is 6.61 Å². The second kappa shape index (κ2) is 9.44. The minimum atomic E-state index is -1.68. The summed E-state index contributed by atoms with van der Waals surface area (Å²) in [5, 5.41) is 11.5. The molecule has 0 fully saturated rings. The largest absolute Gasteiger partial charge is 0.392 e. The predicted molar refractivity (Wildman–Crippen MR) is 106 cm³/mol. The van der Waals surface area contributed by atoms with Gasteiger partial charge in [0.15, 0.2) is 0 Å². The molecule has 0 amide bonds. The fraction of sp³-hybridized carbons (Fsp3) is 0.619. The fourth-order valence-corrected chi connectivity index (χ4v) is 11.7. The van der Waals surface area contributed by atoms with Gasteiger partial charge in [0.1, 0.15) is 0 Å². The van der Waals surface area contributed by atoms with Crippen molar-refractivity contribution >= 4 is 8.07 Å². The lowest BCUT2D eigenvalue weighted by molar-refractivity contribution is 0.335. The maximum Gasteiger partial charge on any atom is 0.0916 e. The Balaban J connectivity index is 2.86. The lowest BCUT2D eigenvalue weighted by atomic mass is 10.1. The van der Waals surface area contributed by atoms with Crippen molar-refractivity contribution in [3.05, 3.63) is 47.2 Å². The Bertz CT molecular complexity index is 452. The Labute approximate surface area is 144 Å². The highest BCUT2D eigenvalue weighted by Crippen LogP contribution is 2.46. The molecule has 1 N–H and O–H groups in total. The third-order valence-corrected chi connectivity index (χ3v) is 12.7. The first kappa shape index (κ1) is 20.2. The fourth-order valence-electron chi connectivity index (χ4n) is 4.72. The molecule has 0 aliphatic heterocycles. The Kier molecular flexibility index (Phi) is 8.28. The van der Waals surface area contributed by atoms with E-state index >= 15 is 0 Å². The maximum atomic E-state index is 10.1. The second-order valence-electron chi connectivity index (χ2n) is 7.66. The molecule has 0 aromatic heterocycles. The molecule has 1 nitrogen and oxygen atoms in total. The van der Waals surface area contributed by atoms with Gasteiger partial charge in [-0.1, -0.05) is 83.1 Å². The van der Waals surface area contributed by atoms with E-state index in [-0.39, 0.29) is 6.61 Å². The third-order valence-electron chi connectivity index (χ3n) is 5.50. The summed E-state index contributed by atoms with van der Waals surface area (Å²) in [7, 11) is -1.68. The summed E-state index contributed by atoms with van der Waals surface area (Å²) >= 11 is 0. The van der Waals surface area contributed by atoms with Gasteiger partial charge in [0.05, 0.1) is 14.7 Å². The first-order chi connectivity index (χ1) is 10.9. The summed E-state index contributed by atoms with van der Waals surface area (Å²) in [6.45, 7) is 14.4. The van der Waals surface area contributed by atoms with Crippen LogP contribution in [0.4, 0.5) is 0 Å². The molecular weight excluding hydrogens is 296 g/mol. The van der Waals surface area contributed by atoms with Gasteiger partial charge in [0.2, 0.25) is 0 Å². The molecule has 1 aromatic carbocycles. The van der Waals surface area contributed by atoms with Crippen LogP contribution in [0.25, 0.3) is 0 Å². The van der Waals surface area contributed by atoms with Crippen molar-refractivity contribution in [3.8, 4) is 0 Å². The first-order valence-electron chi connectivity index (χ1n) is 9.21. The molecule has 0 aliphatic carbocycles. The van der Waals surface area contributed by atoms with Crippen LogP contribution in [0.15, 0.2) is 41.6 Å². The monoisotopic (exact) mass is 332 g/mol. The van der Waals surface area contributed by atoms with Gasteiger partial charge in [0, 0.05) is 0 Å². The Morgan fingerprint density at radius 1 is 0.957 bits per heavy atom. The van der Waals surface area contributed by atoms with Crippen LogP contribution in [0.1, 0.15) is 59.9 Å². The summed E-state index contributed by atoms with van der Waals surface area (Å²) in [6, 6.07) is 10.7. The van der Waals surface area contributed by atoms with Crippen LogP contribution in [0.3, 0.4) is 0 Å². The Morgan fingerprint density at radius 3 is 1.91 bits per heavy atom. The number of unbranched alkanes of at least 4 members (excludes halogenated alkanes) is 1. The van der Waals surface area contributed by atoms with Crippen LogP contribution in [-0.2, 0) is 6.42 Å². The summed E-state index contributed by atoms with van der Waals surface area (Å²) in [5.74, 6) is 0. The van der Waals surface area contributed by atoms with Crippen LogP contribution < -0.4 is 0 Å². The number of rotatable bonds is 9. The number of benzene rings is 1. The lowest BCUT2D eigenvalue weighted by Crippen LogP contribution is -2.48. The SMILES string of the molecule is CC(C)[Si](/C(=C/CCCc1ccccc1)CO)(C(C)C)C(C)C. The average Bonchev–Trinajstić information content (AvgIpc) is 2.50. The normalized spacial score (nSPS) is 13.4. The molecule has 0 saturated heterocycles. The summed E-state index contributed by atoms with van der Waals surface area (Å²) in [4.78, 5) is 0. The first-order valence-corrected chi connectivity index (χ1v) is 11.4. The van der Waals surface area contributed by atoms with Gasteiger partial charge in [0.25, 0.3) is 0 Å². The molecule has 0 spiro atoms. The minimum absolute atomic E-state index is 0.242. The van der Waals surface area contributed by atoms with Gasteiger partial charge >= 0.3 is 0 Å². The minimum Gasteiger partial charge on any atom is -0.392 e. The summed E-state index contributed by atoms with van der Waals surface area (Å²) in [5.41, 5.74) is 3.40. The molecule has 130 valence electrons. The number of hydrogen-bond donors (Lipinski definition) is 1. The number of aryl methyl sites for hydroxylation is 1. The smallest absolute Gasteiger partial charge is 0.0916 e. The van der Waals surface area contributed by atoms with E-state index in [0.717, 1.165) is 19.3 Å². The van der Waals surface area contributed by atoms with Crippen molar-refractivity contribution < 1.29 is 5.11 Å². The van der Waals surface area contributed by atoms with Gasteiger partial charge in [-0.3, -0.25) is 0 Å². The van der Waals surface area contributed by atoms with E-state index in [9.17, 15) is 5.11 Å². The van der Waals surface area contributed by atoms with E-state index in [4.69, 9.17) is 0 Å². The van der Waals surface area contributed by atoms with Gasteiger partial charge in [-0.05, 0) is 41.4 Å². The molecule has 0 atom stereocenters. The topological polar surface area (TPSA) is 20.2 Å². The highest BCUT2D eigenvalue weighted by molar-refractivity contribution is 6.89. The van der Waals surface area contributed by atoms with Crippen molar-refractivity contribution in [1.82, 2.24) is 0 Å². The van der Waals surface area contributed by atoms with E-state index in [2.05, 4.69) is 78.0 Å². The van der Waals surface area contributed by atoms with Crippen molar-refractivity contribution in [2.45, 2.75) is 77.4 Å². The van der Waals surface area contributed by atoms with Crippen LogP contribution in [0, 0.1) is 0 Å². The van der Waals surface area contributed by atoms with E-state index in [0.29, 0.717) is 16.6 Å². The van der Waals surface area contributed by atoms with Crippen LogP contribution in [-0.4, -0.2) is 19.8 Å². The number of allylic oxidation sites excluding steroid dienone is 1. The third kappa shape index (κ3) is 4.81. The lowest BCUT2D eigenvalue weighted by Gasteiger charge is -2.45. The Morgan fingerprint density at radius 2 is 1.48 bits per heavy atom. The predicted octanol–water partition coefficient (Wildman–Crippen LogP) is 6.15. The van der Waals surface area contributed by atoms with Gasteiger partial charge in [-0.15, -0.1) is 0 Å². The van der Waals surface area contributed by atoms with Crippen molar-refractivity contribution in [1.29, 1.82) is 0 Å². The van der Waals surface area contributed by atoms with Crippen molar-refractivity contribution in [3.63, 3.8) is 0 Å². The average molecular weight is 333 g/mol. The zero-order chi connectivity index (χ0) is 17.5. The van der Waals surface area contributed by atoms with Gasteiger partial charge in [-0.2, -0.15) is 0 Å². The molecular formula is C21H36OSi. The number of hydrogen-bond acceptors (Lipinski definition) is 1.